The fraction of sp³-hybridized carbons (Fsp3) is 0.400. The summed E-state index contributed by atoms with van der Waals surface area (Å²) in [6.45, 7) is 5.61. The van der Waals surface area contributed by atoms with E-state index in [1.807, 2.05) is 41.3 Å². The number of benzene rings is 2. The van der Waals surface area contributed by atoms with Crippen LogP contribution in [0.3, 0.4) is 0 Å². The van der Waals surface area contributed by atoms with Crippen molar-refractivity contribution in [1.82, 2.24) is 15.0 Å². The highest BCUT2D eigenvalue weighted by atomic mass is 16.5. The van der Waals surface area contributed by atoms with Gasteiger partial charge in [0.05, 0.1) is 14.2 Å². The van der Waals surface area contributed by atoms with Crippen molar-refractivity contribution in [2.75, 3.05) is 27.3 Å². The molecule has 0 N–H and O–H groups in total. The lowest BCUT2D eigenvalue weighted by Gasteiger charge is -2.30. The molecule has 0 aliphatic carbocycles. The van der Waals surface area contributed by atoms with Gasteiger partial charge in [-0.25, -0.2) is 0 Å². The molecule has 0 saturated carbocycles. The number of hydrogen-bond donors (Lipinski definition) is 0. The quantitative estimate of drug-likeness (QED) is 0.548. The van der Waals surface area contributed by atoms with Crippen LogP contribution in [0.15, 0.2) is 47.0 Å². The minimum atomic E-state index is 0.0856. The van der Waals surface area contributed by atoms with Crippen LogP contribution in [0.25, 0.3) is 11.4 Å². The first-order valence-electron chi connectivity index (χ1n) is 11.0. The van der Waals surface area contributed by atoms with Crippen LogP contribution in [0.4, 0.5) is 0 Å². The number of hydrogen-bond acceptors (Lipinski definition) is 6. The highest BCUT2D eigenvalue weighted by molar-refractivity contribution is 5.94. The van der Waals surface area contributed by atoms with E-state index in [4.69, 9.17) is 14.0 Å². The number of amides is 1. The second kappa shape index (κ2) is 9.42. The predicted octanol–water partition coefficient (Wildman–Crippen LogP) is 4.90. The number of ether oxygens (including phenoxy) is 2. The summed E-state index contributed by atoms with van der Waals surface area (Å²) in [7, 11) is 3.19. The molecule has 7 nitrogen and oxygen atoms in total. The van der Waals surface area contributed by atoms with Gasteiger partial charge in [-0.1, -0.05) is 31.1 Å². The SMILES string of the molecule is COc1ccc(-c2noc(C3CCN(C(=O)c4cccc(C(C)C)c4)CC3)n2)cc1OC. The third-order valence-corrected chi connectivity index (χ3v) is 6.02. The first-order valence-corrected chi connectivity index (χ1v) is 11.0. The van der Waals surface area contributed by atoms with Gasteiger partial charge in [0, 0.05) is 30.1 Å². The second-order valence-electron chi connectivity index (χ2n) is 8.37. The van der Waals surface area contributed by atoms with E-state index in [1.54, 1.807) is 14.2 Å². The summed E-state index contributed by atoms with van der Waals surface area (Å²) in [5.41, 5.74) is 2.73. The first kappa shape index (κ1) is 21.9. The Morgan fingerprint density at radius 2 is 1.81 bits per heavy atom. The summed E-state index contributed by atoms with van der Waals surface area (Å²) >= 11 is 0. The maximum atomic E-state index is 13.0. The lowest BCUT2D eigenvalue weighted by atomic mass is 9.95. The Morgan fingerprint density at radius 3 is 2.50 bits per heavy atom. The standard InChI is InChI=1S/C25H29N3O4/c1-16(2)18-6-5-7-20(14-18)25(29)28-12-10-17(11-13-28)24-26-23(27-32-24)19-8-9-21(30-3)22(15-19)31-4/h5-9,14-17H,10-13H2,1-4H3. The van der Waals surface area contributed by atoms with E-state index in [2.05, 4.69) is 30.1 Å². The van der Waals surface area contributed by atoms with Gasteiger partial charge in [0.2, 0.25) is 11.7 Å². The van der Waals surface area contributed by atoms with Gasteiger partial charge in [-0.3, -0.25) is 4.79 Å². The third kappa shape index (κ3) is 4.47. The van der Waals surface area contributed by atoms with Crippen LogP contribution < -0.4 is 9.47 Å². The third-order valence-electron chi connectivity index (χ3n) is 6.02. The zero-order valence-electron chi connectivity index (χ0n) is 19.0. The Kier molecular flexibility index (Phi) is 6.44. The summed E-state index contributed by atoms with van der Waals surface area (Å²) in [6.07, 6.45) is 1.59. The smallest absolute Gasteiger partial charge is 0.253 e. The molecule has 1 amide bonds. The normalized spacial score (nSPS) is 14.6. The molecule has 0 atom stereocenters. The molecule has 0 spiro atoms. The Balaban J connectivity index is 1.42. The second-order valence-corrected chi connectivity index (χ2v) is 8.37. The molecular weight excluding hydrogens is 406 g/mol. The number of carbonyl (C=O) groups is 1. The van der Waals surface area contributed by atoms with Gasteiger partial charge in [0.15, 0.2) is 11.5 Å². The molecule has 1 saturated heterocycles. The van der Waals surface area contributed by atoms with Crippen LogP contribution in [-0.4, -0.2) is 48.3 Å². The summed E-state index contributed by atoms with van der Waals surface area (Å²) in [5.74, 6) is 3.02. The molecule has 0 bridgehead atoms. The molecule has 1 aromatic heterocycles. The van der Waals surface area contributed by atoms with Crippen LogP contribution in [0.5, 0.6) is 11.5 Å². The summed E-state index contributed by atoms with van der Waals surface area (Å²) in [5, 5.41) is 4.16. The monoisotopic (exact) mass is 435 g/mol. The Morgan fingerprint density at radius 1 is 1.06 bits per heavy atom. The van der Waals surface area contributed by atoms with Gasteiger partial charge in [-0.05, 0) is 54.7 Å². The van der Waals surface area contributed by atoms with Crippen LogP contribution in [0.2, 0.25) is 0 Å². The van der Waals surface area contributed by atoms with E-state index in [1.165, 1.54) is 5.56 Å². The van der Waals surface area contributed by atoms with E-state index in [-0.39, 0.29) is 11.8 Å². The Labute approximate surface area is 188 Å². The summed E-state index contributed by atoms with van der Waals surface area (Å²) in [6, 6.07) is 13.5. The van der Waals surface area contributed by atoms with Gasteiger partial charge < -0.3 is 18.9 Å². The fourth-order valence-corrected chi connectivity index (χ4v) is 4.04. The Hall–Kier alpha value is -3.35. The summed E-state index contributed by atoms with van der Waals surface area (Å²) in [4.78, 5) is 19.5. The number of methoxy groups -OCH3 is 2. The van der Waals surface area contributed by atoms with E-state index >= 15 is 0 Å². The number of piperidine rings is 1. The molecule has 1 aliphatic heterocycles. The maximum absolute atomic E-state index is 13.0. The van der Waals surface area contributed by atoms with Crippen molar-refractivity contribution in [1.29, 1.82) is 0 Å². The molecule has 1 fully saturated rings. The van der Waals surface area contributed by atoms with E-state index in [0.29, 0.717) is 42.2 Å². The molecule has 168 valence electrons. The van der Waals surface area contributed by atoms with Gasteiger partial charge in [0.1, 0.15) is 0 Å². The van der Waals surface area contributed by atoms with Gasteiger partial charge in [-0.2, -0.15) is 4.98 Å². The van der Waals surface area contributed by atoms with Gasteiger partial charge in [0.25, 0.3) is 5.91 Å². The topological polar surface area (TPSA) is 77.7 Å². The van der Waals surface area contributed by atoms with Gasteiger partial charge in [-0.15, -0.1) is 0 Å². The summed E-state index contributed by atoms with van der Waals surface area (Å²) < 4.78 is 16.2. The van der Waals surface area contributed by atoms with Crippen molar-refractivity contribution < 1.29 is 18.8 Å². The molecule has 0 radical (unpaired) electrons. The number of nitrogens with zero attached hydrogens (tertiary/aromatic N) is 3. The average molecular weight is 436 g/mol. The highest BCUT2D eigenvalue weighted by Crippen LogP contribution is 2.33. The molecular formula is C25H29N3O4. The number of aromatic nitrogens is 2. The minimum absolute atomic E-state index is 0.0856. The molecule has 1 aliphatic rings. The number of likely N-dealkylation sites (tertiary alicyclic amines) is 1. The molecule has 2 aromatic carbocycles. The van der Waals surface area contributed by atoms with Crippen molar-refractivity contribution in [2.24, 2.45) is 0 Å². The predicted molar refractivity (Wildman–Crippen MR) is 121 cm³/mol. The maximum Gasteiger partial charge on any atom is 0.253 e. The molecule has 4 rings (SSSR count). The molecule has 0 unspecified atom stereocenters. The van der Waals surface area contributed by atoms with Crippen LogP contribution in [-0.2, 0) is 0 Å². The molecule has 2 heterocycles. The zero-order chi connectivity index (χ0) is 22.7. The molecule has 3 aromatic rings. The number of carbonyl (C=O) groups excluding carboxylic acids is 1. The highest BCUT2D eigenvalue weighted by Gasteiger charge is 2.28. The minimum Gasteiger partial charge on any atom is -0.493 e. The van der Waals surface area contributed by atoms with Crippen molar-refractivity contribution in [3.63, 3.8) is 0 Å². The van der Waals surface area contributed by atoms with E-state index < -0.39 is 0 Å². The van der Waals surface area contributed by atoms with Crippen LogP contribution in [0.1, 0.15) is 60.3 Å². The van der Waals surface area contributed by atoms with Gasteiger partial charge >= 0.3 is 0 Å². The fourth-order valence-electron chi connectivity index (χ4n) is 4.04. The number of rotatable bonds is 6. The average Bonchev–Trinajstić information content (AvgIpc) is 3.33. The van der Waals surface area contributed by atoms with E-state index in [9.17, 15) is 4.79 Å². The first-order chi connectivity index (χ1) is 15.5. The van der Waals surface area contributed by atoms with Crippen molar-refractivity contribution >= 4 is 5.91 Å². The van der Waals surface area contributed by atoms with Crippen LogP contribution in [0, 0.1) is 0 Å². The largest absolute Gasteiger partial charge is 0.493 e. The van der Waals surface area contributed by atoms with Crippen LogP contribution >= 0.6 is 0 Å². The lowest BCUT2D eigenvalue weighted by molar-refractivity contribution is 0.0704. The lowest BCUT2D eigenvalue weighted by Crippen LogP contribution is -2.38. The Bertz CT molecular complexity index is 1080. The molecule has 32 heavy (non-hydrogen) atoms. The van der Waals surface area contributed by atoms with E-state index in [0.717, 1.165) is 24.0 Å². The molecule has 7 heteroatoms. The zero-order valence-corrected chi connectivity index (χ0v) is 19.0. The van der Waals surface area contributed by atoms with Crippen molar-refractivity contribution in [3.8, 4) is 22.9 Å². The van der Waals surface area contributed by atoms with Crippen molar-refractivity contribution in [2.45, 2.75) is 38.5 Å². The van der Waals surface area contributed by atoms with Crippen molar-refractivity contribution in [3.05, 3.63) is 59.5 Å².